The van der Waals surface area contributed by atoms with Gasteiger partial charge in [0.1, 0.15) is 5.69 Å². The number of aryl methyl sites for hydroxylation is 1. The molecule has 0 atom stereocenters. The highest BCUT2D eigenvalue weighted by atomic mass is 32.2. The minimum atomic E-state index is -3.52. The zero-order valence-electron chi connectivity index (χ0n) is 17.5. The molecule has 8 nitrogen and oxygen atoms in total. The molecule has 0 spiro atoms. The Morgan fingerprint density at radius 3 is 2.47 bits per heavy atom. The number of carbonyl (C=O) groups excluding carboxylic acids is 1. The SMILES string of the molecule is O=C(CCc1ccc(S(=O)(=O)N2CCOCC2)cc1)OCc1cc(-c2ccccc2)no1. The Morgan fingerprint density at radius 1 is 1.03 bits per heavy atom. The number of benzene rings is 2. The number of ether oxygens (including phenoxy) is 2. The Labute approximate surface area is 186 Å². The van der Waals surface area contributed by atoms with Gasteiger partial charge in [-0.2, -0.15) is 4.31 Å². The van der Waals surface area contributed by atoms with E-state index in [1.807, 2.05) is 30.3 Å². The van der Waals surface area contributed by atoms with Crippen LogP contribution in [-0.4, -0.2) is 50.2 Å². The summed E-state index contributed by atoms with van der Waals surface area (Å²) in [5.41, 5.74) is 2.46. The van der Waals surface area contributed by atoms with Crippen LogP contribution in [0.1, 0.15) is 17.7 Å². The number of carbonyl (C=O) groups is 1. The van der Waals surface area contributed by atoms with Crippen LogP contribution in [0.25, 0.3) is 11.3 Å². The predicted molar refractivity (Wildman–Crippen MR) is 116 cm³/mol. The first kappa shape index (κ1) is 22.2. The number of morpholine rings is 1. The van der Waals surface area contributed by atoms with Gasteiger partial charge in [-0.3, -0.25) is 4.79 Å². The fourth-order valence-electron chi connectivity index (χ4n) is 3.36. The number of nitrogens with zero attached hydrogens (tertiary/aromatic N) is 2. The molecule has 2 heterocycles. The number of hydrogen-bond donors (Lipinski definition) is 0. The van der Waals surface area contributed by atoms with Crippen molar-refractivity contribution in [1.29, 1.82) is 0 Å². The van der Waals surface area contributed by atoms with Gasteiger partial charge in [-0.05, 0) is 24.1 Å². The molecule has 0 bridgehead atoms. The topological polar surface area (TPSA) is 98.9 Å². The van der Waals surface area contributed by atoms with Crippen LogP contribution in [-0.2, 0) is 37.3 Å². The van der Waals surface area contributed by atoms with Crippen molar-refractivity contribution in [2.75, 3.05) is 26.3 Å². The molecule has 9 heteroatoms. The van der Waals surface area contributed by atoms with Gasteiger partial charge >= 0.3 is 5.97 Å². The van der Waals surface area contributed by atoms with Crippen LogP contribution < -0.4 is 0 Å². The lowest BCUT2D eigenvalue weighted by atomic mass is 10.1. The zero-order chi connectivity index (χ0) is 22.4. The maximum atomic E-state index is 12.7. The van der Waals surface area contributed by atoms with E-state index < -0.39 is 10.0 Å². The van der Waals surface area contributed by atoms with Gasteiger partial charge < -0.3 is 14.0 Å². The summed E-state index contributed by atoms with van der Waals surface area (Å²) in [5, 5.41) is 3.99. The fraction of sp³-hybridized carbons (Fsp3) is 0.304. The molecule has 4 rings (SSSR count). The largest absolute Gasteiger partial charge is 0.457 e. The first-order valence-electron chi connectivity index (χ1n) is 10.4. The highest BCUT2D eigenvalue weighted by Gasteiger charge is 2.26. The molecule has 0 N–H and O–H groups in total. The monoisotopic (exact) mass is 456 g/mol. The number of sulfonamides is 1. The molecule has 0 aliphatic carbocycles. The maximum Gasteiger partial charge on any atom is 0.306 e. The van der Waals surface area contributed by atoms with E-state index in [0.29, 0.717) is 44.2 Å². The number of esters is 1. The second-order valence-corrected chi connectivity index (χ2v) is 9.30. The number of aromatic nitrogens is 1. The van der Waals surface area contributed by atoms with Gasteiger partial charge in [0.25, 0.3) is 0 Å². The summed E-state index contributed by atoms with van der Waals surface area (Å²) < 4.78 is 42.5. The second-order valence-electron chi connectivity index (χ2n) is 7.37. The molecule has 3 aromatic rings. The summed E-state index contributed by atoms with van der Waals surface area (Å²) >= 11 is 0. The number of hydrogen-bond acceptors (Lipinski definition) is 7. The van der Waals surface area contributed by atoms with E-state index in [1.165, 1.54) is 4.31 Å². The molecule has 0 amide bonds. The van der Waals surface area contributed by atoms with Gasteiger partial charge in [0.15, 0.2) is 12.4 Å². The van der Waals surface area contributed by atoms with E-state index in [0.717, 1.165) is 11.1 Å². The summed E-state index contributed by atoms with van der Waals surface area (Å²) in [7, 11) is -3.52. The predicted octanol–water partition coefficient (Wildman–Crippen LogP) is 3.04. The second kappa shape index (κ2) is 10.1. The maximum absolute atomic E-state index is 12.7. The molecule has 168 valence electrons. The first-order valence-corrected chi connectivity index (χ1v) is 11.8. The molecule has 1 aliphatic heterocycles. The highest BCUT2D eigenvalue weighted by molar-refractivity contribution is 7.89. The van der Waals surface area contributed by atoms with Crippen molar-refractivity contribution in [3.8, 4) is 11.3 Å². The molecular formula is C23H24N2O6S. The van der Waals surface area contributed by atoms with Crippen molar-refractivity contribution in [2.45, 2.75) is 24.3 Å². The van der Waals surface area contributed by atoms with Crippen LogP contribution in [0.15, 0.2) is 70.1 Å². The van der Waals surface area contributed by atoms with Crippen LogP contribution in [0.4, 0.5) is 0 Å². The van der Waals surface area contributed by atoms with Crippen molar-refractivity contribution < 1.29 is 27.2 Å². The Balaban J connectivity index is 1.26. The Kier molecular flexibility index (Phi) is 6.99. The third kappa shape index (κ3) is 5.42. The van der Waals surface area contributed by atoms with Crippen LogP contribution >= 0.6 is 0 Å². The van der Waals surface area contributed by atoms with Crippen LogP contribution in [0, 0.1) is 0 Å². The third-order valence-electron chi connectivity index (χ3n) is 5.15. The van der Waals surface area contributed by atoms with Gasteiger partial charge in [-0.25, -0.2) is 8.42 Å². The molecule has 0 radical (unpaired) electrons. The summed E-state index contributed by atoms with van der Waals surface area (Å²) in [6.45, 7) is 1.53. The van der Waals surface area contributed by atoms with Gasteiger partial charge in [-0.1, -0.05) is 47.6 Å². The molecule has 0 saturated carbocycles. The van der Waals surface area contributed by atoms with Crippen molar-refractivity contribution in [3.63, 3.8) is 0 Å². The summed E-state index contributed by atoms with van der Waals surface area (Å²) in [5.74, 6) is 0.0996. The fourth-order valence-corrected chi connectivity index (χ4v) is 4.77. The normalized spacial score (nSPS) is 14.9. The van der Waals surface area contributed by atoms with E-state index in [2.05, 4.69) is 5.16 Å². The van der Waals surface area contributed by atoms with E-state index in [-0.39, 0.29) is 23.9 Å². The zero-order valence-corrected chi connectivity index (χ0v) is 18.3. The quantitative estimate of drug-likeness (QED) is 0.481. The average molecular weight is 457 g/mol. The Hall–Kier alpha value is -3.01. The van der Waals surface area contributed by atoms with Crippen molar-refractivity contribution in [2.24, 2.45) is 0 Å². The number of rotatable bonds is 8. The standard InChI is InChI=1S/C23H24N2O6S/c26-23(30-17-20-16-22(24-31-20)19-4-2-1-3-5-19)11-8-18-6-9-21(10-7-18)32(27,28)25-12-14-29-15-13-25/h1-7,9-10,16H,8,11-15,17H2. The van der Waals surface area contributed by atoms with Crippen LogP contribution in [0.5, 0.6) is 0 Å². The van der Waals surface area contributed by atoms with Gasteiger partial charge in [-0.15, -0.1) is 0 Å². The molecule has 1 saturated heterocycles. The Morgan fingerprint density at radius 2 is 1.75 bits per heavy atom. The van der Waals surface area contributed by atoms with Crippen molar-refractivity contribution in [3.05, 3.63) is 72.0 Å². The minimum absolute atomic E-state index is 0.00932. The summed E-state index contributed by atoms with van der Waals surface area (Å²) in [6, 6.07) is 17.9. The van der Waals surface area contributed by atoms with Gasteiger partial charge in [0.05, 0.1) is 18.1 Å². The van der Waals surface area contributed by atoms with E-state index in [1.54, 1.807) is 30.3 Å². The van der Waals surface area contributed by atoms with E-state index in [4.69, 9.17) is 14.0 Å². The lowest BCUT2D eigenvalue weighted by Gasteiger charge is -2.26. The average Bonchev–Trinajstić information content (AvgIpc) is 3.32. The lowest BCUT2D eigenvalue weighted by Crippen LogP contribution is -2.40. The first-order chi connectivity index (χ1) is 15.5. The van der Waals surface area contributed by atoms with Crippen LogP contribution in [0.3, 0.4) is 0 Å². The summed E-state index contributed by atoms with van der Waals surface area (Å²) in [4.78, 5) is 12.3. The van der Waals surface area contributed by atoms with Crippen molar-refractivity contribution in [1.82, 2.24) is 9.46 Å². The Bertz CT molecular complexity index is 1140. The van der Waals surface area contributed by atoms with E-state index in [9.17, 15) is 13.2 Å². The molecular weight excluding hydrogens is 432 g/mol. The molecule has 1 aliphatic rings. The third-order valence-corrected chi connectivity index (χ3v) is 7.07. The highest BCUT2D eigenvalue weighted by Crippen LogP contribution is 2.20. The minimum Gasteiger partial charge on any atom is -0.457 e. The molecule has 2 aromatic carbocycles. The lowest BCUT2D eigenvalue weighted by molar-refractivity contribution is -0.145. The molecule has 32 heavy (non-hydrogen) atoms. The molecule has 0 unspecified atom stereocenters. The smallest absolute Gasteiger partial charge is 0.306 e. The summed E-state index contributed by atoms with van der Waals surface area (Å²) in [6.07, 6.45) is 0.623. The molecule has 1 aromatic heterocycles. The van der Waals surface area contributed by atoms with Gasteiger partial charge in [0.2, 0.25) is 10.0 Å². The molecule has 1 fully saturated rings. The van der Waals surface area contributed by atoms with E-state index >= 15 is 0 Å². The van der Waals surface area contributed by atoms with Crippen molar-refractivity contribution >= 4 is 16.0 Å². The van der Waals surface area contributed by atoms with Crippen LogP contribution in [0.2, 0.25) is 0 Å². The van der Waals surface area contributed by atoms with Gasteiger partial charge in [0, 0.05) is 31.1 Å².